The first-order valence-corrected chi connectivity index (χ1v) is 8.08. The third kappa shape index (κ3) is 3.28. The van der Waals surface area contributed by atoms with Crippen molar-refractivity contribution in [3.63, 3.8) is 0 Å². The number of phenols is 1. The van der Waals surface area contributed by atoms with Crippen LogP contribution in [0.5, 0.6) is 5.75 Å². The summed E-state index contributed by atoms with van der Waals surface area (Å²) < 4.78 is 10.2. The van der Waals surface area contributed by atoms with E-state index in [1.165, 1.54) is 18.9 Å². The van der Waals surface area contributed by atoms with Crippen LogP contribution in [0.25, 0.3) is 11.4 Å². The first-order chi connectivity index (χ1) is 11.6. The first-order valence-electron chi connectivity index (χ1n) is 7.09. The van der Waals surface area contributed by atoms with Crippen molar-refractivity contribution in [2.45, 2.75) is 17.8 Å². The smallest absolute Gasteiger partial charge is 0.374 e. The van der Waals surface area contributed by atoms with Gasteiger partial charge in [-0.05, 0) is 25.1 Å². The normalized spacial score (nSPS) is 10.8. The number of benzene rings is 1. The van der Waals surface area contributed by atoms with Gasteiger partial charge < -0.3 is 14.3 Å². The predicted octanol–water partition coefficient (Wildman–Crippen LogP) is 3.16. The van der Waals surface area contributed by atoms with Crippen molar-refractivity contribution in [1.29, 1.82) is 0 Å². The molecule has 0 unspecified atom stereocenters. The van der Waals surface area contributed by atoms with Crippen LogP contribution < -0.4 is 0 Å². The average molecular weight is 345 g/mol. The van der Waals surface area contributed by atoms with Crippen molar-refractivity contribution in [1.82, 2.24) is 15.2 Å². The largest absolute Gasteiger partial charge is 0.507 e. The Balaban J connectivity index is 1.70. The summed E-state index contributed by atoms with van der Waals surface area (Å²) in [5, 5.41) is 17.3. The molecular weight excluding hydrogens is 330 g/mol. The van der Waals surface area contributed by atoms with Gasteiger partial charge in [0.25, 0.3) is 0 Å². The molecule has 0 radical (unpaired) electrons. The number of aromatic amines is 1. The van der Waals surface area contributed by atoms with Crippen molar-refractivity contribution < 1.29 is 19.1 Å². The monoisotopic (exact) mass is 345 g/mol. The zero-order valence-electron chi connectivity index (χ0n) is 13.1. The summed E-state index contributed by atoms with van der Waals surface area (Å²) in [6.07, 6.45) is 0. The number of aromatic nitrogens is 3. The molecule has 0 atom stereocenters. The number of H-pyrrole nitrogens is 1. The maximum absolute atomic E-state index is 11.5. The van der Waals surface area contributed by atoms with Gasteiger partial charge in [-0.25, -0.2) is 9.78 Å². The maximum Gasteiger partial charge on any atom is 0.374 e. The number of nitrogens with zero attached hydrogens (tertiary/aromatic N) is 2. The second-order valence-corrected chi connectivity index (χ2v) is 5.93. The standard InChI is InChI=1S/C16H15N3O4S/c1-9-7-10(23-13(9)15(21)22-2)8-24-16-17-14(18-19-16)11-5-3-4-6-12(11)20/h3-7,20H,8H2,1-2H3,(H,17,18,19). The van der Waals surface area contributed by atoms with Crippen molar-refractivity contribution in [2.24, 2.45) is 0 Å². The Kier molecular flexibility index (Phi) is 4.57. The van der Waals surface area contributed by atoms with E-state index in [1.54, 1.807) is 31.2 Å². The summed E-state index contributed by atoms with van der Waals surface area (Å²) in [5.41, 5.74) is 1.31. The van der Waals surface area contributed by atoms with Gasteiger partial charge in [0.05, 0.1) is 18.4 Å². The van der Waals surface area contributed by atoms with Crippen LogP contribution in [0.1, 0.15) is 21.9 Å². The van der Waals surface area contributed by atoms with Crippen LogP contribution in [-0.4, -0.2) is 33.4 Å². The van der Waals surface area contributed by atoms with Crippen LogP contribution in [0, 0.1) is 6.92 Å². The van der Waals surface area contributed by atoms with Gasteiger partial charge in [0, 0.05) is 5.56 Å². The molecule has 0 fully saturated rings. The van der Waals surface area contributed by atoms with E-state index in [9.17, 15) is 9.90 Å². The molecule has 0 saturated carbocycles. The summed E-state index contributed by atoms with van der Waals surface area (Å²) in [7, 11) is 1.31. The number of carbonyl (C=O) groups is 1. The zero-order valence-corrected chi connectivity index (χ0v) is 13.9. The number of esters is 1. The lowest BCUT2D eigenvalue weighted by Crippen LogP contribution is -2.00. The van der Waals surface area contributed by atoms with Gasteiger partial charge in [-0.3, -0.25) is 5.10 Å². The number of thioether (sulfide) groups is 1. The van der Waals surface area contributed by atoms with E-state index >= 15 is 0 Å². The van der Waals surface area contributed by atoms with Gasteiger partial charge in [-0.2, -0.15) is 0 Å². The highest BCUT2D eigenvalue weighted by molar-refractivity contribution is 7.98. The quantitative estimate of drug-likeness (QED) is 0.541. The lowest BCUT2D eigenvalue weighted by molar-refractivity contribution is 0.0562. The highest BCUT2D eigenvalue weighted by Gasteiger charge is 2.17. The molecule has 2 N–H and O–H groups in total. The number of methoxy groups -OCH3 is 1. The lowest BCUT2D eigenvalue weighted by atomic mass is 10.2. The number of phenolic OH excluding ortho intramolecular Hbond substituents is 1. The maximum atomic E-state index is 11.5. The van der Waals surface area contributed by atoms with Gasteiger partial charge in [0.2, 0.25) is 10.9 Å². The van der Waals surface area contributed by atoms with E-state index in [0.717, 1.165) is 5.56 Å². The molecule has 2 heterocycles. The number of nitrogens with one attached hydrogen (secondary N) is 1. The number of aromatic hydroxyl groups is 1. The Morgan fingerprint density at radius 1 is 1.42 bits per heavy atom. The van der Waals surface area contributed by atoms with Gasteiger partial charge in [-0.15, -0.1) is 5.10 Å². The van der Waals surface area contributed by atoms with Crippen molar-refractivity contribution in [2.75, 3.05) is 7.11 Å². The van der Waals surface area contributed by atoms with E-state index in [4.69, 9.17) is 4.42 Å². The van der Waals surface area contributed by atoms with Crippen LogP contribution in [0.4, 0.5) is 0 Å². The molecule has 0 spiro atoms. The number of furan rings is 1. The number of para-hydroxylation sites is 1. The Hall–Kier alpha value is -2.74. The van der Waals surface area contributed by atoms with Crippen molar-refractivity contribution >= 4 is 17.7 Å². The minimum Gasteiger partial charge on any atom is -0.507 e. The molecule has 2 aromatic heterocycles. The van der Waals surface area contributed by atoms with E-state index in [1.807, 2.05) is 6.07 Å². The van der Waals surface area contributed by atoms with E-state index in [-0.39, 0.29) is 11.5 Å². The van der Waals surface area contributed by atoms with Gasteiger partial charge in [0.15, 0.2) is 5.82 Å². The fourth-order valence-electron chi connectivity index (χ4n) is 2.16. The summed E-state index contributed by atoms with van der Waals surface area (Å²) in [5.74, 6) is 1.43. The summed E-state index contributed by atoms with van der Waals surface area (Å²) in [6, 6.07) is 8.68. The molecule has 124 valence electrons. The molecule has 0 bridgehead atoms. The molecule has 0 saturated heterocycles. The Bertz CT molecular complexity index is 872. The second-order valence-electron chi connectivity index (χ2n) is 4.99. The highest BCUT2D eigenvalue weighted by Crippen LogP contribution is 2.28. The second kappa shape index (κ2) is 6.79. The summed E-state index contributed by atoms with van der Waals surface area (Å²) in [6.45, 7) is 1.78. The van der Waals surface area contributed by atoms with Crippen LogP contribution in [0.2, 0.25) is 0 Å². The minimum atomic E-state index is -0.497. The summed E-state index contributed by atoms with van der Waals surface area (Å²) >= 11 is 1.36. The third-order valence-electron chi connectivity index (χ3n) is 3.31. The van der Waals surface area contributed by atoms with Crippen LogP contribution >= 0.6 is 11.8 Å². The van der Waals surface area contributed by atoms with Crippen LogP contribution in [0.3, 0.4) is 0 Å². The summed E-state index contributed by atoms with van der Waals surface area (Å²) in [4.78, 5) is 15.9. The number of aryl methyl sites for hydroxylation is 1. The molecule has 0 aliphatic carbocycles. The van der Waals surface area contributed by atoms with Gasteiger partial charge >= 0.3 is 5.97 Å². The Morgan fingerprint density at radius 3 is 2.96 bits per heavy atom. The Labute approximate surface area is 142 Å². The van der Waals surface area contributed by atoms with Crippen LogP contribution in [-0.2, 0) is 10.5 Å². The molecule has 3 aromatic rings. The third-order valence-corrected chi connectivity index (χ3v) is 4.18. The topological polar surface area (TPSA) is 101 Å². The number of ether oxygens (including phenoxy) is 1. The fraction of sp³-hybridized carbons (Fsp3) is 0.188. The molecule has 1 aromatic carbocycles. The molecule has 0 amide bonds. The number of hydrogen-bond acceptors (Lipinski definition) is 7. The van der Waals surface area contributed by atoms with E-state index in [0.29, 0.717) is 28.1 Å². The molecular formula is C16H15N3O4S. The number of hydrogen-bond donors (Lipinski definition) is 2. The lowest BCUT2D eigenvalue weighted by Gasteiger charge is -1.98. The van der Waals surface area contributed by atoms with Gasteiger partial charge in [0.1, 0.15) is 11.5 Å². The predicted molar refractivity (Wildman–Crippen MR) is 87.8 cm³/mol. The number of rotatable bonds is 5. The minimum absolute atomic E-state index is 0.134. The average Bonchev–Trinajstić information content (AvgIpc) is 3.19. The molecule has 8 heteroatoms. The number of carbonyl (C=O) groups excluding carboxylic acids is 1. The van der Waals surface area contributed by atoms with Crippen LogP contribution in [0.15, 0.2) is 39.9 Å². The zero-order chi connectivity index (χ0) is 17.1. The first kappa shape index (κ1) is 16.1. The molecule has 7 nitrogen and oxygen atoms in total. The fourth-order valence-corrected chi connectivity index (χ4v) is 2.84. The van der Waals surface area contributed by atoms with Crippen molar-refractivity contribution in [3.8, 4) is 17.1 Å². The van der Waals surface area contributed by atoms with Crippen molar-refractivity contribution in [3.05, 3.63) is 47.4 Å². The molecule has 0 aliphatic rings. The van der Waals surface area contributed by atoms with E-state index in [2.05, 4.69) is 19.9 Å². The van der Waals surface area contributed by atoms with Gasteiger partial charge in [-0.1, -0.05) is 23.9 Å². The molecule has 3 rings (SSSR count). The Morgan fingerprint density at radius 2 is 2.21 bits per heavy atom. The highest BCUT2D eigenvalue weighted by atomic mass is 32.2. The SMILES string of the molecule is COC(=O)c1oc(CSc2n[nH]c(-c3ccccc3O)n2)cc1C. The molecule has 24 heavy (non-hydrogen) atoms. The molecule has 0 aliphatic heterocycles. The van der Waals surface area contributed by atoms with E-state index < -0.39 is 5.97 Å².